The molecule has 0 aromatic heterocycles. The highest BCUT2D eigenvalue weighted by molar-refractivity contribution is 7.92. The minimum absolute atomic E-state index is 0.136. The topological polar surface area (TPSA) is 63.2 Å². The minimum Gasteiger partial charge on any atom is -0.358 e. The van der Waals surface area contributed by atoms with Crippen LogP contribution in [0.1, 0.15) is 12.5 Å². The predicted molar refractivity (Wildman–Crippen MR) is 80.1 cm³/mol. The van der Waals surface area contributed by atoms with Crippen molar-refractivity contribution in [2.75, 3.05) is 7.05 Å². The fourth-order valence-electron chi connectivity index (χ4n) is 2.13. The standard InChI is InChI=1S/C15H17NO3S/c1-11(15(17)16-2)20(18,19)10-13-8-5-7-12-6-3-4-9-14(12)13/h3-9,11H,10H2,1-2H3,(H,16,17)/t11-/m0/s1. The minimum atomic E-state index is -3.53. The molecule has 0 aliphatic carbocycles. The van der Waals surface area contributed by atoms with Crippen molar-refractivity contribution < 1.29 is 13.2 Å². The van der Waals surface area contributed by atoms with Crippen LogP contribution in [0.3, 0.4) is 0 Å². The van der Waals surface area contributed by atoms with E-state index >= 15 is 0 Å². The number of rotatable bonds is 4. The Balaban J connectivity index is 2.39. The second kappa shape index (κ2) is 5.63. The average molecular weight is 291 g/mol. The number of fused-ring (bicyclic) bond motifs is 1. The van der Waals surface area contributed by atoms with E-state index < -0.39 is 21.0 Å². The van der Waals surface area contributed by atoms with Crippen LogP contribution in [0, 0.1) is 0 Å². The van der Waals surface area contributed by atoms with Crippen LogP contribution >= 0.6 is 0 Å². The van der Waals surface area contributed by atoms with Gasteiger partial charge >= 0.3 is 0 Å². The number of carbonyl (C=O) groups is 1. The van der Waals surface area contributed by atoms with E-state index in [9.17, 15) is 13.2 Å². The summed E-state index contributed by atoms with van der Waals surface area (Å²) in [6.07, 6.45) is 0. The fourth-order valence-corrected chi connectivity index (χ4v) is 3.51. The molecule has 0 unspecified atom stereocenters. The van der Waals surface area contributed by atoms with E-state index in [1.807, 2.05) is 36.4 Å². The van der Waals surface area contributed by atoms with Gasteiger partial charge in [0, 0.05) is 7.05 Å². The summed E-state index contributed by atoms with van der Waals surface area (Å²) in [5.74, 6) is -0.617. The second-order valence-electron chi connectivity index (χ2n) is 4.70. The molecule has 1 atom stereocenters. The first-order valence-corrected chi connectivity index (χ1v) is 8.07. The molecule has 0 aliphatic heterocycles. The van der Waals surface area contributed by atoms with Crippen LogP contribution in [0.2, 0.25) is 0 Å². The van der Waals surface area contributed by atoms with Gasteiger partial charge in [0.15, 0.2) is 9.84 Å². The Labute approximate surface area is 118 Å². The van der Waals surface area contributed by atoms with Gasteiger partial charge in [0.05, 0.1) is 5.75 Å². The Morgan fingerprint density at radius 3 is 2.50 bits per heavy atom. The molecule has 0 spiro atoms. The summed E-state index contributed by atoms with van der Waals surface area (Å²) in [5.41, 5.74) is 0.721. The van der Waals surface area contributed by atoms with Crippen LogP contribution in [0.15, 0.2) is 42.5 Å². The molecule has 0 heterocycles. The Morgan fingerprint density at radius 2 is 1.80 bits per heavy atom. The van der Waals surface area contributed by atoms with Gasteiger partial charge in [-0.25, -0.2) is 8.42 Å². The van der Waals surface area contributed by atoms with Gasteiger partial charge in [-0.15, -0.1) is 0 Å². The molecule has 0 bridgehead atoms. The molecule has 0 saturated heterocycles. The van der Waals surface area contributed by atoms with Crippen molar-refractivity contribution in [3.8, 4) is 0 Å². The molecule has 0 fully saturated rings. The summed E-state index contributed by atoms with van der Waals surface area (Å²) in [5, 5.41) is 3.22. The third kappa shape index (κ3) is 2.82. The van der Waals surface area contributed by atoms with Crippen molar-refractivity contribution in [2.24, 2.45) is 0 Å². The molecule has 1 N–H and O–H groups in total. The Hall–Kier alpha value is -1.88. The van der Waals surface area contributed by atoms with E-state index in [-0.39, 0.29) is 5.75 Å². The Bertz CT molecular complexity index is 732. The van der Waals surface area contributed by atoms with Gasteiger partial charge in [0.25, 0.3) is 0 Å². The van der Waals surface area contributed by atoms with E-state index in [1.54, 1.807) is 6.07 Å². The first kappa shape index (κ1) is 14.5. The van der Waals surface area contributed by atoms with Crippen molar-refractivity contribution in [2.45, 2.75) is 17.9 Å². The number of nitrogens with one attached hydrogen (secondary N) is 1. The molecule has 5 heteroatoms. The Morgan fingerprint density at radius 1 is 1.15 bits per heavy atom. The van der Waals surface area contributed by atoms with E-state index in [2.05, 4.69) is 5.32 Å². The maximum Gasteiger partial charge on any atom is 0.237 e. The van der Waals surface area contributed by atoms with Gasteiger partial charge in [-0.2, -0.15) is 0 Å². The van der Waals surface area contributed by atoms with Gasteiger partial charge in [0.1, 0.15) is 5.25 Å². The van der Waals surface area contributed by atoms with E-state index in [0.29, 0.717) is 0 Å². The normalized spacial score (nSPS) is 13.1. The lowest BCUT2D eigenvalue weighted by Crippen LogP contribution is -2.36. The lowest BCUT2D eigenvalue weighted by Gasteiger charge is -2.12. The van der Waals surface area contributed by atoms with Crippen LogP contribution in [-0.2, 0) is 20.4 Å². The summed E-state index contributed by atoms with van der Waals surface area (Å²) >= 11 is 0. The first-order valence-electron chi connectivity index (χ1n) is 6.35. The van der Waals surface area contributed by atoms with Gasteiger partial charge in [-0.3, -0.25) is 4.79 Å². The molecule has 2 aromatic carbocycles. The summed E-state index contributed by atoms with van der Waals surface area (Å²) in [6, 6.07) is 13.2. The second-order valence-corrected chi connectivity index (χ2v) is 7.02. The molecule has 1 amide bonds. The smallest absolute Gasteiger partial charge is 0.237 e. The number of sulfone groups is 1. The maximum atomic E-state index is 12.3. The number of carbonyl (C=O) groups excluding carboxylic acids is 1. The largest absolute Gasteiger partial charge is 0.358 e. The van der Waals surface area contributed by atoms with Crippen molar-refractivity contribution in [3.63, 3.8) is 0 Å². The van der Waals surface area contributed by atoms with Crippen molar-refractivity contribution in [1.29, 1.82) is 0 Å². The predicted octanol–water partition coefficient (Wildman–Crippen LogP) is 1.89. The lowest BCUT2D eigenvalue weighted by molar-refractivity contribution is -0.119. The van der Waals surface area contributed by atoms with E-state index in [0.717, 1.165) is 16.3 Å². The zero-order chi connectivity index (χ0) is 14.8. The van der Waals surface area contributed by atoms with Crippen molar-refractivity contribution in [3.05, 3.63) is 48.0 Å². The summed E-state index contributed by atoms with van der Waals surface area (Å²) in [6.45, 7) is 1.42. The molecule has 0 saturated carbocycles. The summed E-state index contributed by atoms with van der Waals surface area (Å²) in [4.78, 5) is 11.5. The molecular weight excluding hydrogens is 274 g/mol. The van der Waals surface area contributed by atoms with Gasteiger partial charge in [0.2, 0.25) is 5.91 Å². The van der Waals surface area contributed by atoms with Gasteiger partial charge < -0.3 is 5.32 Å². The third-order valence-electron chi connectivity index (χ3n) is 3.39. The quantitative estimate of drug-likeness (QED) is 0.935. The van der Waals surface area contributed by atoms with Crippen LogP contribution in [0.4, 0.5) is 0 Å². The SMILES string of the molecule is CNC(=O)[C@H](C)S(=O)(=O)Cc1cccc2ccccc12. The molecular formula is C15H17NO3S. The van der Waals surface area contributed by atoms with Gasteiger partial charge in [-0.05, 0) is 23.3 Å². The van der Waals surface area contributed by atoms with Crippen molar-refractivity contribution in [1.82, 2.24) is 5.32 Å². The first-order chi connectivity index (χ1) is 9.45. The van der Waals surface area contributed by atoms with Gasteiger partial charge in [-0.1, -0.05) is 42.5 Å². The van der Waals surface area contributed by atoms with Crippen LogP contribution in [0.25, 0.3) is 10.8 Å². The maximum absolute atomic E-state index is 12.3. The molecule has 20 heavy (non-hydrogen) atoms. The average Bonchev–Trinajstić information content (AvgIpc) is 2.45. The lowest BCUT2D eigenvalue weighted by atomic mass is 10.1. The molecule has 0 radical (unpaired) electrons. The van der Waals surface area contributed by atoms with Crippen molar-refractivity contribution >= 4 is 26.5 Å². The Kier molecular flexibility index (Phi) is 4.09. The zero-order valence-corrected chi connectivity index (χ0v) is 12.3. The molecule has 2 aromatic rings. The third-order valence-corrected chi connectivity index (χ3v) is 5.40. The van der Waals surface area contributed by atoms with E-state index in [4.69, 9.17) is 0 Å². The highest BCUT2D eigenvalue weighted by Gasteiger charge is 2.27. The van der Waals surface area contributed by atoms with E-state index in [1.165, 1.54) is 14.0 Å². The highest BCUT2D eigenvalue weighted by atomic mass is 32.2. The van der Waals surface area contributed by atoms with Crippen LogP contribution in [0.5, 0.6) is 0 Å². The zero-order valence-electron chi connectivity index (χ0n) is 11.5. The number of hydrogen-bond donors (Lipinski definition) is 1. The monoisotopic (exact) mass is 291 g/mol. The molecule has 0 aliphatic rings. The highest BCUT2D eigenvalue weighted by Crippen LogP contribution is 2.21. The van der Waals surface area contributed by atoms with Crippen LogP contribution < -0.4 is 5.32 Å². The number of benzene rings is 2. The molecule has 2 rings (SSSR count). The molecule has 106 valence electrons. The number of amides is 1. The summed E-state index contributed by atoms with van der Waals surface area (Å²) < 4.78 is 24.6. The number of hydrogen-bond acceptors (Lipinski definition) is 3. The fraction of sp³-hybridized carbons (Fsp3) is 0.267. The van der Waals surface area contributed by atoms with Crippen LogP contribution in [-0.4, -0.2) is 26.6 Å². The summed E-state index contributed by atoms with van der Waals surface area (Å²) in [7, 11) is -2.09. The molecule has 4 nitrogen and oxygen atoms in total.